The average molecular weight is 370 g/mol. The van der Waals surface area contributed by atoms with E-state index in [-0.39, 0.29) is 25.0 Å². The Hall–Kier alpha value is -1.75. The van der Waals surface area contributed by atoms with Crippen molar-refractivity contribution in [1.82, 2.24) is 4.90 Å². The van der Waals surface area contributed by atoms with Crippen LogP contribution in [0.4, 0.5) is 4.79 Å². The number of amides is 1. The summed E-state index contributed by atoms with van der Waals surface area (Å²) >= 11 is 5.96. The number of hydrogen-bond acceptors (Lipinski definition) is 4. The first-order valence-corrected chi connectivity index (χ1v) is 9.05. The molecule has 1 aromatic carbocycles. The van der Waals surface area contributed by atoms with E-state index in [1.54, 1.807) is 26.0 Å². The highest BCUT2D eigenvalue weighted by molar-refractivity contribution is 6.30. The average Bonchev–Trinajstić information content (AvgIpc) is 2.54. The molecular formula is C19H28ClNO4. The molecule has 0 saturated heterocycles. The van der Waals surface area contributed by atoms with Crippen LogP contribution in [0.1, 0.15) is 46.1 Å². The minimum Gasteiger partial charge on any atom is -0.464 e. The predicted molar refractivity (Wildman–Crippen MR) is 98.9 cm³/mol. The highest BCUT2D eigenvalue weighted by Gasteiger charge is 2.37. The third kappa shape index (κ3) is 6.24. The van der Waals surface area contributed by atoms with Crippen LogP contribution < -0.4 is 0 Å². The van der Waals surface area contributed by atoms with E-state index in [0.29, 0.717) is 11.6 Å². The Morgan fingerprint density at radius 1 is 1.04 bits per heavy atom. The predicted octanol–water partition coefficient (Wildman–Crippen LogP) is 4.49. The van der Waals surface area contributed by atoms with E-state index in [1.807, 2.05) is 32.9 Å². The summed E-state index contributed by atoms with van der Waals surface area (Å²) in [6.07, 6.45) is -0.505. The van der Waals surface area contributed by atoms with Gasteiger partial charge < -0.3 is 9.47 Å². The van der Waals surface area contributed by atoms with Gasteiger partial charge in [-0.15, -0.1) is 0 Å². The summed E-state index contributed by atoms with van der Waals surface area (Å²) in [6.45, 7) is 10.3. The molecule has 5 nitrogen and oxygen atoms in total. The SMILES string of the molecule is CCOC(=O)C(C(C)c1ccc(Cl)cc1)N(CC(C)C)C(=O)OCC. The van der Waals surface area contributed by atoms with Gasteiger partial charge in [-0.1, -0.05) is 44.5 Å². The summed E-state index contributed by atoms with van der Waals surface area (Å²) in [5.74, 6) is -0.517. The van der Waals surface area contributed by atoms with Crippen LogP contribution in [-0.2, 0) is 14.3 Å². The first-order chi connectivity index (χ1) is 11.8. The molecule has 0 aliphatic carbocycles. The number of rotatable bonds is 8. The van der Waals surface area contributed by atoms with E-state index in [4.69, 9.17) is 21.1 Å². The van der Waals surface area contributed by atoms with Gasteiger partial charge in [0.1, 0.15) is 6.04 Å². The number of halogens is 1. The van der Waals surface area contributed by atoms with Gasteiger partial charge in [-0.05, 0) is 37.5 Å². The number of benzene rings is 1. The normalized spacial score (nSPS) is 13.2. The highest BCUT2D eigenvalue weighted by atomic mass is 35.5. The summed E-state index contributed by atoms with van der Waals surface area (Å²) in [7, 11) is 0. The van der Waals surface area contributed by atoms with Crippen LogP contribution in [0.2, 0.25) is 5.02 Å². The molecule has 0 fully saturated rings. The Bertz CT molecular complexity index is 559. The Kier molecular flexibility index (Phi) is 8.76. The molecule has 0 aliphatic rings. The number of hydrogen-bond donors (Lipinski definition) is 0. The van der Waals surface area contributed by atoms with Crippen molar-refractivity contribution in [2.24, 2.45) is 5.92 Å². The second kappa shape index (κ2) is 10.3. The lowest BCUT2D eigenvalue weighted by molar-refractivity contribution is -0.150. The molecule has 0 bridgehead atoms. The maximum Gasteiger partial charge on any atom is 0.410 e. The summed E-state index contributed by atoms with van der Waals surface area (Å²) in [4.78, 5) is 26.6. The third-order valence-corrected chi connectivity index (χ3v) is 4.05. The fourth-order valence-corrected chi connectivity index (χ4v) is 2.80. The number of ether oxygens (including phenoxy) is 2. The molecule has 2 atom stereocenters. The smallest absolute Gasteiger partial charge is 0.410 e. The molecule has 0 radical (unpaired) electrons. The van der Waals surface area contributed by atoms with Crippen molar-refractivity contribution in [3.63, 3.8) is 0 Å². The number of nitrogens with zero attached hydrogens (tertiary/aromatic N) is 1. The standard InChI is InChI=1S/C19H28ClNO4/c1-6-24-18(22)17(14(5)15-8-10-16(20)11-9-15)21(12-13(3)4)19(23)25-7-2/h8-11,13-14,17H,6-7,12H2,1-5H3. The molecular weight excluding hydrogens is 342 g/mol. The van der Waals surface area contributed by atoms with Gasteiger partial charge >= 0.3 is 12.1 Å². The van der Waals surface area contributed by atoms with Gasteiger partial charge in [-0.25, -0.2) is 9.59 Å². The maximum atomic E-state index is 12.7. The molecule has 0 heterocycles. The van der Waals surface area contributed by atoms with Gasteiger partial charge in [0.25, 0.3) is 0 Å². The van der Waals surface area contributed by atoms with Crippen molar-refractivity contribution in [2.75, 3.05) is 19.8 Å². The Morgan fingerprint density at radius 2 is 1.60 bits per heavy atom. The number of esters is 1. The molecule has 1 rings (SSSR count). The largest absolute Gasteiger partial charge is 0.464 e. The fourth-order valence-electron chi connectivity index (χ4n) is 2.68. The minimum absolute atomic E-state index is 0.179. The van der Waals surface area contributed by atoms with E-state index >= 15 is 0 Å². The Labute approximate surface area is 155 Å². The molecule has 0 N–H and O–H groups in total. The van der Waals surface area contributed by atoms with E-state index in [9.17, 15) is 9.59 Å². The molecule has 0 aromatic heterocycles. The van der Waals surface area contributed by atoms with E-state index in [0.717, 1.165) is 5.56 Å². The van der Waals surface area contributed by atoms with E-state index in [1.165, 1.54) is 4.90 Å². The van der Waals surface area contributed by atoms with Crippen molar-refractivity contribution in [3.8, 4) is 0 Å². The van der Waals surface area contributed by atoms with Gasteiger partial charge in [0, 0.05) is 17.5 Å². The molecule has 0 saturated carbocycles. The quantitative estimate of drug-likeness (QED) is 0.633. The summed E-state index contributed by atoms with van der Waals surface area (Å²) in [5, 5.41) is 0.619. The molecule has 1 aromatic rings. The Morgan fingerprint density at radius 3 is 2.08 bits per heavy atom. The lowest BCUT2D eigenvalue weighted by Crippen LogP contribution is -2.50. The summed E-state index contributed by atoms with van der Waals surface area (Å²) in [6, 6.07) is 6.50. The van der Waals surface area contributed by atoms with Gasteiger partial charge in [0.05, 0.1) is 13.2 Å². The third-order valence-electron chi connectivity index (χ3n) is 3.80. The zero-order chi connectivity index (χ0) is 19.0. The molecule has 6 heteroatoms. The number of carbonyl (C=O) groups is 2. The zero-order valence-electron chi connectivity index (χ0n) is 15.6. The highest BCUT2D eigenvalue weighted by Crippen LogP contribution is 2.27. The van der Waals surface area contributed by atoms with Crippen molar-refractivity contribution in [3.05, 3.63) is 34.9 Å². The van der Waals surface area contributed by atoms with E-state index in [2.05, 4.69) is 0 Å². The number of carbonyl (C=O) groups excluding carboxylic acids is 2. The molecule has 25 heavy (non-hydrogen) atoms. The fraction of sp³-hybridized carbons (Fsp3) is 0.579. The van der Waals surface area contributed by atoms with Crippen LogP contribution in [0.25, 0.3) is 0 Å². The summed E-state index contributed by atoms with van der Waals surface area (Å²) < 4.78 is 10.4. The van der Waals surface area contributed by atoms with Gasteiger partial charge in [-0.2, -0.15) is 0 Å². The van der Waals surface area contributed by atoms with Crippen LogP contribution in [0, 0.1) is 5.92 Å². The topological polar surface area (TPSA) is 55.8 Å². The van der Waals surface area contributed by atoms with E-state index < -0.39 is 18.1 Å². The Balaban J connectivity index is 3.24. The van der Waals surface area contributed by atoms with Crippen LogP contribution in [0.15, 0.2) is 24.3 Å². The second-order valence-electron chi connectivity index (χ2n) is 6.28. The van der Waals surface area contributed by atoms with Crippen LogP contribution in [0.3, 0.4) is 0 Å². The van der Waals surface area contributed by atoms with Crippen LogP contribution >= 0.6 is 11.6 Å². The molecule has 0 spiro atoms. The van der Waals surface area contributed by atoms with Crippen molar-refractivity contribution >= 4 is 23.7 Å². The first-order valence-electron chi connectivity index (χ1n) is 8.67. The lowest BCUT2D eigenvalue weighted by Gasteiger charge is -2.34. The minimum atomic E-state index is -0.762. The van der Waals surface area contributed by atoms with Gasteiger partial charge in [0.2, 0.25) is 0 Å². The maximum absolute atomic E-state index is 12.7. The van der Waals surface area contributed by atoms with Crippen molar-refractivity contribution < 1.29 is 19.1 Å². The van der Waals surface area contributed by atoms with Gasteiger partial charge in [-0.3, -0.25) is 4.90 Å². The van der Waals surface area contributed by atoms with Gasteiger partial charge in [0.15, 0.2) is 0 Å². The monoisotopic (exact) mass is 369 g/mol. The molecule has 1 amide bonds. The van der Waals surface area contributed by atoms with Crippen LogP contribution in [0.5, 0.6) is 0 Å². The summed E-state index contributed by atoms with van der Waals surface area (Å²) in [5.41, 5.74) is 0.903. The lowest BCUT2D eigenvalue weighted by atomic mass is 9.91. The zero-order valence-corrected chi connectivity index (χ0v) is 16.4. The first kappa shape index (κ1) is 21.3. The molecule has 0 aliphatic heterocycles. The molecule has 2 unspecified atom stereocenters. The second-order valence-corrected chi connectivity index (χ2v) is 6.72. The van der Waals surface area contributed by atoms with Crippen molar-refractivity contribution in [1.29, 1.82) is 0 Å². The van der Waals surface area contributed by atoms with Crippen LogP contribution in [-0.4, -0.2) is 42.8 Å². The molecule has 140 valence electrons. The van der Waals surface area contributed by atoms with Crippen molar-refractivity contribution in [2.45, 2.75) is 46.6 Å².